The van der Waals surface area contributed by atoms with E-state index in [4.69, 9.17) is 0 Å². The van der Waals surface area contributed by atoms with Crippen LogP contribution in [0.15, 0.2) is 41.6 Å². The molecule has 0 amide bonds. The van der Waals surface area contributed by atoms with Crippen LogP contribution in [-0.2, 0) is 10.0 Å². The average molecular weight is 289 g/mol. The smallest absolute Gasteiger partial charge is 0.241 e. The molecule has 1 aliphatic heterocycles. The van der Waals surface area contributed by atoms with Crippen molar-refractivity contribution in [2.75, 3.05) is 13.1 Å². The third kappa shape index (κ3) is 1.83. The monoisotopic (exact) mass is 289 g/mol. The van der Waals surface area contributed by atoms with Gasteiger partial charge in [0.1, 0.15) is 0 Å². The first kappa shape index (κ1) is 12.3. The fourth-order valence-electron chi connectivity index (χ4n) is 3.16. The van der Waals surface area contributed by atoms with E-state index in [1.165, 1.54) is 0 Å². The van der Waals surface area contributed by atoms with Crippen LogP contribution in [0.3, 0.4) is 0 Å². The van der Waals surface area contributed by atoms with Gasteiger partial charge in [0.15, 0.2) is 0 Å². The lowest BCUT2D eigenvalue weighted by Gasteiger charge is -2.11. The fraction of sp³-hybridized carbons (Fsp3) is 0.357. The number of piperidine rings is 1. The Kier molecular flexibility index (Phi) is 2.60. The summed E-state index contributed by atoms with van der Waals surface area (Å²) in [4.78, 5) is 4.38. The molecule has 2 aromatic rings. The molecular weight excluding hydrogens is 274 g/mol. The third-order valence-electron chi connectivity index (χ3n) is 4.31. The topological polar surface area (TPSA) is 71.1 Å². The molecule has 0 bridgehead atoms. The van der Waals surface area contributed by atoms with Gasteiger partial charge in [-0.15, -0.1) is 0 Å². The number of rotatable bonds is 3. The van der Waals surface area contributed by atoms with E-state index in [-0.39, 0.29) is 6.04 Å². The number of hydrogen-bond donors (Lipinski definition) is 2. The van der Waals surface area contributed by atoms with Crippen LogP contribution in [0.25, 0.3) is 10.8 Å². The van der Waals surface area contributed by atoms with E-state index in [0.29, 0.717) is 16.7 Å². The first-order valence-electron chi connectivity index (χ1n) is 6.72. The molecule has 2 aliphatic rings. The Morgan fingerprint density at radius 2 is 2.00 bits per heavy atom. The molecule has 1 saturated carbocycles. The Morgan fingerprint density at radius 3 is 2.80 bits per heavy atom. The molecule has 2 heterocycles. The highest BCUT2D eigenvalue weighted by molar-refractivity contribution is 7.89. The molecule has 2 fully saturated rings. The molecule has 2 N–H and O–H groups in total. The van der Waals surface area contributed by atoms with Gasteiger partial charge in [0.25, 0.3) is 0 Å². The fourth-order valence-corrected chi connectivity index (χ4v) is 4.73. The summed E-state index contributed by atoms with van der Waals surface area (Å²) in [6, 6.07) is 7.13. The summed E-state index contributed by atoms with van der Waals surface area (Å²) < 4.78 is 28.0. The van der Waals surface area contributed by atoms with Crippen molar-refractivity contribution in [3.8, 4) is 0 Å². The minimum atomic E-state index is -3.47. The number of hydrogen-bond acceptors (Lipinski definition) is 4. The second kappa shape index (κ2) is 4.25. The summed E-state index contributed by atoms with van der Waals surface area (Å²) in [6.07, 6.45) is 3.31. The van der Waals surface area contributed by atoms with E-state index >= 15 is 0 Å². The Hall–Kier alpha value is -1.50. The summed E-state index contributed by atoms with van der Waals surface area (Å²) in [5.74, 6) is 0.919. The van der Waals surface area contributed by atoms with Crippen molar-refractivity contribution in [3.63, 3.8) is 0 Å². The Labute approximate surface area is 117 Å². The van der Waals surface area contributed by atoms with Crippen molar-refractivity contribution in [3.05, 3.63) is 36.7 Å². The summed E-state index contributed by atoms with van der Waals surface area (Å²) in [7, 11) is -3.47. The highest BCUT2D eigenvalue weighted by atomic mass is 32.2. The summed E-state index contributed by atoms with van der Waals surface area (Å²) in [5, 5.41) is 4.83. The molecule has 104 valence electrons. The normalized spacial score (nSPS) is 28.5. The summed E-state index contributed by atoms with van der Waals surface area (Å²) >= 11 is 0. The van der Waals surface area contributed by atoms with Gasteiger partial charge >= 0.3 is 0 Å². The maximum absolute atomic E-state index is 12.6. The van der Waals surface area contributed by atoms with E-state index in [9.17, 15) is 8.42 Å². The second-order valence-electron chi connectivity index (χ2n) is 5.49. The molecule has 6 heteroatoms. The first-order chi connectivity index (χ1) is 9.67. The number of fused-ring (bicyclic) bond motifs is 2. The van der Waals surface area contributed by atoms with E-state index in [1.54, 1.807) is 30.6 Å². The largest absolute Gasteiger partial charge is 0.316 e. The second-order valence-corrected chi connectivity index (χ2v) is 7.17. The zero-order chi connectivity index (χ0) is 13.7. The van der Waals surface area contributed by atoms with Gasteiger partial charge in [-0.25, -0.2) is 13.1 Å². The minimum absolute atomic E-state index is 0.0957. The zero-order valence-electron chi connectivity index (χ0n) is 10.8. The van der Waals surface area contributed by atoms with Crippen LogP contribution < -0.4 is 10.0 Å². The Balaban J connectivity index is 1.71. The SMILES string of the molecule is O=S(=O)(NC1C2CNCC21)c1cccc2cnccc12. The van der Waals surface area contributed by atoms with Gasteiger partial charge < -0.3 is 5.32 Å². The molecular formula is C14H15N3O2S. The predicted octanol–water partition coefficient (Wildman–Crippen LogP) is 0.731. The number of benzene rings is 1. The number of nitrogens with zero attached hydrogens (tertiary/aromatic N) is 1. The van der Waals surface area contributed by atoms with E-state index in [1.807, 2.05) is 6.07 Å². The van der Waals surface area contributed by atoms with Crippen LogP contribution in [0.2, 0.25) is 0 Å². The molecule has 5 nitrogen and oxygen atoms in total. The highest BCUT2D eigenvalue weighted by Gasteiger charge is 2.54. The van der Waals surface area contributed by atoms with E-state index in [0.717, 1.165) is 23.9 Å². The standard InChI is InChI=1S/C14H15N3O2S/c18-20(19,17-14-11-7-16-8-12(11)14)13-3-1-2-9-6-15-5-4-10(9)13/h1-6,11-12,14,16-17H,7-8H2. The molecule has 0 radical (unpaired) electrons. The Bertz CT molecular complexity index is 760. The number of sulfonamides is 1. The van der Waals surface area contributed by atoms with Crippen LogP contribution >= 0.6 is 0 Å². The van der Waals surface area contributed by atoms with E-state index in [2.05, 4.69) is 15.0 Å². The van der Waals surface area contributed by atoms with Crippen LogP contribution in [0.5, 0.6) is 0 Å². The lowest BCUT2D eigenvalue weighted by atomic mass is 10.2. The molecule has 2 unspecified atom stereocenters. The van der Waals surface area contributed by atoms with Gasteiger partial charge in [-0.3, -0.25) is 4.98 Å². The molecule has 4 rings (SSSR count). The van der Waals surface area contributed by atoms with Crippen LogP contribution in [0, 0.1) is 11.8 Å². The van der Waals surface area contributed by atoms with Crippen LogP contribution in [-0.4, -0.2) is 32.5 Å². The number of pyridine rings is 1. The number of aromatic nitrogens is 1. The van der Waals surface area contributed by atoms with Gasteiger partial charge in [-0.1, -0.05) is 12.1 Å². The Morgan fingerprint density at radius 1 is 1.20 bits per heavy atom. The van der Waals surface area contributed by atoms with Crippen molar-refractivity contribution in [1.29, 1.82) is 0 Å². The molecule has 1 aliphatic carbocycles. The van der Waals surface area contributed by atoms with Crippen molar-refractivity contribution in [1.82, 2.24) is 15.0 Å². The number of nitrogens with one attached hydrogen (secondary N) is 2. The van der Waals surface area contributed by atoms with Crippen molar-refractivity contribution >= 4 is 20.8 Å². The molecule has 1 saturated heterocycles. The van der Waals surface area contributed by atoms with Gasteiger partial charge in [-0.05, 0) is 37.1 Å². The molecule has 1 aromatic carbocycles. The van der Waals surface area contributed by atoms with E-state index < -0.39 is 10.0 Å². The maximum Gasteiger partial charge on any atom is 0.241 e. The predicted molar refractivity (Wildman–Crippen MR) is 75.7 cm³/mol. The highest BCUT2D eigenvalue weighted by Crippen LogP contribution is 2.42. The van der Waals surface area contributed by atoms with Gasteiger partial charge in [-0.2, -0.15) is 0 Å². The molecule has 0 spiro atoms. The van der Waals surface area contributed by atoms with Crippen molar-refractivity contribution in [2.24, 2.45) is 11.8 Å². The van der Waals surface area contributed by atoms with Crippen LogP contribution in [0.1, 0.15) is 0 Å². The third-order valence-corrected chi connectivity index (χ3v) is 5.83. The molecule has 2 atom stereocenters. The minimum Gasteiger partial charge on any atom is -0.316 e. The average Bonchev–Trinajstić information content (AvgIpc) is 2.89. The molecule has 1 aromatic heterocycles. The first-order valence-corrected chi connectivity index (χ1v) is 8.21. The van der Waals surface area contributed by atoms with Crippen molar-refractivity contribution < 1.29 is 8.42 Å². The lowest BCUT2D eigenvalue weighted by molar-refractivity contribution is 0.566. The quantitative estimate of drug-likeness (QED) is 0.874. The zero-order valence-corrected chi connectivity index (χ0v) is 11.6. The van der Waals surface area contributed by atoms with Crippen LogP contribution in [0.4, 0.5) is 0 Å². The maximum atomic E-state index is 12.6. The van der Waals surface area contributed by atoms with Gasteiger partial charge in [0, 0.05) is 29.2 Å². The van der Waals surface area contributed by atoms with Crippen molar-refractivity contribution in [2.45, 2.75) is 10.9 Å². The van der Waals surface area contributed by atoms with Gasteiger partial charge in [0.05, 0.1) is 4.90 Å². The summed E-state index contributed by atoms with van der Waals surface area (Å²) in [5.41, 5.74) is 0. The van der Waals surface area contributed by atoms with Gasteiger partial charge in [0.2, 0.25) is 10.0 Å². The summed E-state index contributed by atoms with van der Waals surface area (Å²) in [6.45, 7) is 1.83. The lowest BCUT2D eigenvalue weighted by Crippen LogP contribution is -2.32. The molecule has 20 heavy (non-hydrogen) atoms.